The summed E-state index contributed by atoms with van der Waals surface area (Å²) < 4.78 is 1.58. The zero-order valence-electron chi connectivity index (χ0n) is 14.9. The topological polar surface area (TPSA) is 67.8 Å². The van der Waals surface area contributed by atoms with E-state index in [1.807, 2.05) is 38.1 Å². The number of thioether (sulfide) groups is 1. The lowest BCUT2D eigenvalue weighted by molar-refractivity contribution is 0.0993. The van der Waals surface area contributed by atoms with E-state index in [1.165, 1.54) is 17.3 Å². The summed E-state index contributed by atoms with van der Waals surface area (Å²) in [6.45, 7) is 10.9. The van der Waals surface area contributed by atoms with E-state index in [2.05, 4.69) is 31.0 Å². The third-order valence-corrected chi connectivity index (χ3v) is 4.95. The van der Waals surface area contributed by atoms with Crippen LogP contribution in [0.15, 0.2) is 34.2 Å². The van der Waals surface area contributed by atoms with Gasteiger partial charge in [0, 0.05) is 12.1 Å². The van der Waals surface area contributed by atoms with Gasteiger partial charge in [0.15, 0.2) is 10.9 Å². The molecular weight excluding hydrogens is 322 g/mol. The Hall–Kier alpha value is -1.82. The molecule has 0 saturated carbocycles. The van der Waals surface area contributed by atoms with Crippen LogP contribution < -0.4 is 5.69 Å². The molecule has 0 amide bonds. The second-order valence-corrected chi connectivity index (χ2v) is 8.22. The van der Waals surface area contributed by atoms with Crippen LogP contribution in [0.4, 0.5) is 0 Å². The SMILES string of the molecule is CCCn1c(S[C@H](C)C(=O)c2ccc(C(C)(C)C)cc2)n[nH]c1=O. The molecule has 1 heterocycles. The van der Waals surface area contributed by atoms with Gasteiger partial charge in [-0.1, -0.05) is 63.7 Å². The van der Waals surface area contributed by atoms with Crippen molar-refractivity contribution < 1.29 is 4.79 Å². The van der Waals surface area contributed by atoms with Gasteiger partial charge in [0.2, 0.25) is 0 Å². The molecule has 0 bridgehead atoms. The molecule has 1 aromatic carbocycles. The van der Waals surface area contributed by atoms with Crippen LogP contribution in [0.25, 0.3) is 0 Å². The Bertz CT molecular complexity index is 754. The molecule has 1 aromatic heterocycles. The third kappa shape index (κ3) is 4.17. The van der Waals surface area contributed by atoms with Gasteiger partial charge < -0.3 is 0 Å². The number of hydrogen-bond donors (Lipinski definition) is 1. The molecule has 0 aliphatic carbocycles. The van der Waals surface area contributed by atoms with E-state index in [0.29, 0.717) is 17.3 Å². The molecule has 1 N–H and O–H groups in total. The van der Waals surface area contributed by atoms with Gasteiger partial charge in [0.05, 0.1) is 5.25 Å². The highest BCUT2D eigenvalue weighted by atomic mass is 32.2. The number of carbonyl (C=O) groups is 1. The third-order valence-electron chi connectivity index (χ3n) is 3.86. The van der Waals surface area contributed by atoms with E-state index in [9.17, 15) is 9.59 Å². The maximum atomic E-state index is 12.6. The van der Waals surface area contributed by atoms with Gasteiger partial charge in [-0.2, -0.15) is 0 Å². The number of aromatic nitrogens is 3. The number of Topliss-reactive ketones (excluding diaryl/α,β-unsaturated/α-hetero) is 1. The van der Waals surface area contributed by atoms with Crippen LogP contribution in [-0.2, 0) is 12.0 Å². The summed E-state index contributed by atoms with van der Waals surface area (Å²) in [7, 11) is 0. The highest BCUT2D eigenvalue weighted by molar-refractivity contribution is 8.00. The average Bonchev–Trinajstić information content (AvgIpc) is 2.87. The molecule has 24 heavy (non-hydrogen) atoms. The Labute approximate surface area is 146 Å². The molecule has 5 nitrogen and oxygen atoms in total. The van der Waals surface area contributed by atoms with Crippen LogP contribution in [0.3, 0.4) is 0 Å². The van der Waals surface area contributed by atoms with Gasteiger partial charge in [-0.15, -0.1) is 5.10 Å². The number of aromatic amines is 1. The van der Waals surface area contributed by atoms with Gasteiger partial charge in [0.25, 0.3) is 0 Å². The number of H-pyrrole nitrogens is 1. The highest BCUT2D eigenvalue weighted by Gasteiger charge is 2.21. The molecule has 0 fully saturated rings. The largest absolute Gasteiger partial charge is 0.343 e. The number of nitrogens with zero attached hydrogens (tertiary/aromatic N) is 2. The van der Waals surface area contributed by atoms with Crippen molar-refractivity contribution in [1.82, 2.24) is 14.8 Å². The Morgan fingerprint density at radius 2 is 1.92 bits per heavy atom. The van der Waals surface area contributed by atoms with Crippen molar-refractivity contribution in [1.29, 1.82) is 0 Å². The molecule has 1 atom stereocenters. The van der Waals surface area contributed by atoms with Crippen molar-refractivity contribution in [2.75, 3.05) is 0 Å². The van der Waals surface area contributed by atoms with Crippen molar-refractivity contribution in [2.24, 2.45) is 0 Å². The molecule has 0 saturated heterocycles. The number of rotatable bonds is 6. The first-order valence-electron chi connectivity index (χ1n) is 8.20. The van der Waals surface area contributed by atoms with Crippen molar-refractivity contribution >= 4 is 17.5 Å². The Morgan fingerprint density at radius 3 is 2.46 bits per heavy atom. The molecule has 0 aliphatic heterocycles. The van der Waals surface area contributed by atoms with Crippen LogP contribution in [0, 0.1) is 0 Å². The molecule has 0 unspecified atom stereocenters. The van der Waals surface area contributed by atoms with Gasteiger partial charge in [-0.05, 0) is 24.3 Å². The van der Waals surface area contributed by atoms with E-state index < -0.39 is 0 Å². The summed E-state index contributed by atoms with van der Waals surface area (Å²) in [5.74, 6) is 0.0407. The second kappa shape index (κ2) is 7.38. The lowest BCUT2D eigenvalue weighted by atomic mass is 9.86. The molecule has 0 spiro atoms. The fourth-order valence-electron chi connectivity index (χ4n) is 2.39. The Balaban J connectivity index is 2.14. The van der Waals surface area contributed by atoms with Crippen LogP contribution in [0.5, 0.6) is 0 Å². The van der Waals surface area contributed by atoms with Crippen molar-refractivity contribution in [3.63, 3.8) is 0 Å². The van der Waals surface area contributed by atoms with Gasteiger partial charge in [-0.25, -0.2) is 9.89 Å². The highest BCUT2D eigenvalue weighted by Crippen LogP contribution is 2.26. The van der Waals surface area contributed by atoms with E-state index in [-0.39, 0.29) is 22.1 Å². The Morgan fingerprint density at radius 1 is 1.29 bits per heavy atom. The molecule has 6 heteroatoms. The first-order chi connectivity index (χ1) is 11.2. The summed E-state index contributed by atoms with van der Waals surface area (Å²) in [4.78, 5) is 24.4. The van der Waals surface area contributed by atoms with E-state index in [1.54, 1.807) is 4.57 Å². The molecule has 0 radical (unpaired) electrons. The number of hydrogen-bond acceptors (Lipinski definition) is 4. The van der Waals surface area contributed by atoms with E-state index in [0.717, 1.165) is 6.42 Å². The van der Waals surface area contributed by atoms with Gasteiger partial charge in [0.1, 0.15) is 0 Å². The summed E-state index contributed by atoms with van der Waals surface area (Å²) in [5.41, 5.74) is 1.72. The lowest BCUT2D eigenvalue weighted by Gasteiger charge is -2.19. The summed E-state index contributed by atoms with van der Waals surface area (Å²) in [6, 6.07) is 7.77. The predicted octanol–water partition coefficient (Wildman–Crippen LogP) is 3.64. The maximum absolute atomic E-state index is 12.6. The second-order valence-electron chi connectivity index (χ2n) is 6.91. The first-order valence-corrected chi connectivity index (χ1v) is 9.08. The maximum Gasteiger partial charge on any atom is 0.343 e. The average molecular weight is 347 g/mol. The molecule has 2 rings (SSSR count). The number of ketones is 1. The fourth-order valence-corrected chi connectivity index (χ4v) is 3.35. The normalized spacial score (nSPS) is 13.0. The number of benzene rings is 1. The van der Waals surface area contributed by atoms with E-state index in [4.69, 9.17) is 0 Å². The van der Waals surface area contributed by atoms with Crippen LogP contribution in [0.1, 0.15) is 57.0 Å². The molecular formula is C18H25N3O2S. The lowest BCUT2D eigenvalue weighted by Crippen LogP contribution is -2.19. The van der Waals surface area contributed by atoms with Gasteiger partial charge in [-0.3, -0.25) is 9.36 Å². The van der Waals surface area contributed by atoms with Gasteiger partial charge >= 0.3 is 5.69 Å². The minimum Gasteiger partial charge on any atom is -0.293 e. The number of carbonyl (C=O) groups excluding carboxylic acids is 1. The molecule has 0 aliphatic rings. The van der Waals surface area contributed by atoms with Crippen LogP contribution >= 0.6 is 11.8 Å². The summed E-state index contributed by atoms with van der Waals surface area (Å²) in [5, 5.41) is 6.74. The van der Waals surface area contributed by atoms with Crippen molar-refractivity contribution in [2.45, 2.75) is 63.4 Å². The van der Waals surface area contributed by atoms with Crippen molar-refractivity contribution in [3.05, 3.63) is 45.9 Å². The first kappa shape index (κ1) is 18.5. The zero-order chi connectivity index (χ0) is 17.9. The fraction of sp³-hybridized carbons (Fsp3) is 0.500. The van der Waals surface area contributed by atoms with Crippen LogP contribution in [-0.4, -0.2) is 25.8 Å². The predicted molar refractivity (Wildman–Crippen MR) is 97.9 cm³/mol. The zero-order valence-corrected chi connectivity index (χ0v) is 15.7. The molecule has 2 aromatic rings. The standard InChI is InChI=1S/C18H25N3O2S/c1-6-11-21-16(23)19-20-17(21)24-12(2)15(22)13-7-9-14(10-8-13)18(3,4)5/h7-10,12H,6,11H2,1-5H3,(H,19,23)/t12-/m1/s1. The molecule has 130 valence electrons. The van der Waals surface area contributed by atoms with Crippen LogP contribution in [0.2, 0.25) is 0 Å². The Kier molecular flexibility index (Phi) is 5.70. The number of nitrogens with one attached hydrogen (secondary N) is 1. The minimum absolute atomic E-state index is 0.0407. The smallest absolute Gasteiger partial charge is 0.293 e. The monoisotopic (exact) mass is 347 g/mol. The summed E-state index contributed by atoms with van der Waals surface area (Å²) >= 11 is 1.31. The van der Waals surface area contributed by atoms with Crippen molar-refractivity contribution in [3.8, 4) is 0 Å². The summed E-state index contributed by atoms with van der Waals surface area (Å²) in [6.07, 6.45) is 0.837. The van der Waals surface area contributed by atoms with E-state index >= 15 is 0 Å². The minimum atomic E-state index is -0.309. The quantitative estimate of drug-likeness (QED) is 0.640.